The second-order valence-electron chi connectivity index (χ2n) is 7.10. The molecular weight excluding hydrogens is 402 g/mol. The van der Waals surface area contributed by atoms with Crippen LogP contribution in [0.3, 0.4) is 0 Å². The highest BCUT2D eigenvalue weighted by molar-refractivity contribution is 7.97. The van der Waals surface area contributed by atoms with Crippen molar-refractivity contribution in [1.82, 2.24) is 23.9 Å². The van der Waals surface area contributed by atoms with Crippen LogP contribution >= 0.6 is 11.9 Å². The van der Waals surface area contributed by atoms with Crippen molar-refractivity contribution >= 4 is 17.5 Å². The molecule has 0 saturated heterocycles. The quantitative estimate of drug-likeness (QED) is 0.476. The summed E-state index contributed by atoms with van der Waals surface area (Å²) < 4.78 is 9.54. The molecule has 8 nitrogen and oxygen atoms in total. The number of rotatable bonds is 10. The Bertz CT molecular complexity index is 1060. The Morgan fingerprint density at radius 3 is 2.80 bits per heavy atom. The van der Waals surface area contributed by atoms with E-state index in [1.807, 2.05) is 43.4 Å². The molecule has 0 saturated carbocycles. The second kappa shape index (κ2) is 10.1. The molecule has 162 valence electrons. The van der Waals surface area contributed by atoms with E-state index in [0.717, 1.165) is 35.5 Å². The Labute approximate surface area is 180 Å². The number of benzene rings is 1. The summed E-state index contributed by atoms with van der Waals surface area (Å²) in [5, 5.41) is 13.9. The monoisotopic (exact) mass is 431 g/mol. The summed E-state index contributed by atoms with van der Waals surface area (Å²) in [6, 6.07) is 5.82. The van der Waals surface area contributed by atoms with Crippen LogP contribution in [0.4, 0.5) is 0 Å². The number of fused-ring (bicyclic) bond motifs is 1. The zero-order chi connectivity index (χ0) is 21.7. The molecule has 0 aliphatic carbocycles. The van der Waals surface area contributed by atoms with Crippen molar-refractivity contribution in [2.75, 3.05) is 26.8 Å². The zero-order valence-corrected chi connectivity index (χ0v) is 18.8. The smallest absolute Gasteiger partial charge is 0.277 e. The molecule has 2 N–H and O–H groups in total. The van der Waals surface area contributed by atoms with Gasteiger partial charge in [0, 0.05) is 17.9 Å². The Morgan fingerprint density at radius 1 is 1.30 bits per heavy atom. The number of imidazole rings is 1. The summed E-state index contributed by atoms with van der Waals surface area (Å²) in [5.74, 6) is 1.89. The van der Waals surface area contributed by atoms with Crippen LogP contribution in [0, 0.1) is 6.92 Å². The van der Waals surface area contributed by atoms with Gasteiger partial charge in [-0.25, -0.2) is 13.8 Å². The summed E-state index contributed by atoms with van der Waals surface area (Å²) in [4.78, 5) is 21.3. The third-order valence-corrected chi connectivity index (χ3v) is 5.52. The highest BCUT2D eigenvalue weighted by Crippen LogP contribution is 2.33. The second-order valence-corrected chi connectivity index (χ2v) is 8.38. The lowest BCUT2D eigenvalue weighted by atomic mass is 10.2. The highest BCUT2D eigenvalue weighted by atomic mass is 32.2. The van der Waals surface area contributed by atoms with E-state index in [1.54, 1.807) is 4.52 Å². The van der Waals surface area contributed by atoms with Gasteiger partial charge in [-0.15, -0.1) is 5.10 Å². The van der Waals surface area contributed by atoms with Gasteiger partial charge in [-0.05, 0) is 57.0 Å². The Kier molecular flexibility index (Phi) is 7.52. The number of hydrogen-bond donors (Lipinski definition) is 2. The minimum absolute atomic E-state index is 0.0831. The van der Waals surface area contributed by atoms with Crippen LogP contribution in [0.5, 0.6) is 5.75 Å². The lowest BCUT2D eigenvalue weighted by Gasteiger charge is -2.16. The van der Waals surface area contributed by atoms with Gasteiger partial charge in [0.1, 0.15) is 11.6 Å². The van der Waals surface area contributed by atoms with E-state index in [9.17, 15) is 4.79 Å². The van der Waals surface area contributed by atoms with Crippen LogP contribution < -0.4 is 10.3 Å². The number of ether oxygens (including phenoxy) is 1. The van der Waals surface area contributed by atoms with Gasteiger partial charge in [0.15, 0.2) is 11.3 Å². The van der Waals surface area contributed by atoms with Crippen LogP contribution in [0.15, 0.2) is 27.9 Å². The molecule has 0 radical (unpaired) electrons. The number of aromatic amines is 1. The fraction of sp³-hybridized carbons (Fsp3) is 0.476. The summed E-state index contributed by atoms with van der Waals surface area (Å²) in [7, 11) is 1.92. The summed E-state index contributed by atoms with van der Waals surface area (Å²) >= 11 is 1.51. The predicted octanol–water partition coefficient (Wildman–Crippen LogP) is 3.07. The number of hydrogen-bond acceptors (Lipinski definition) is 7. The van der Waals surface area contributed by atoms with Crippen LogP contribution in [0.2, 0.25) is 0 Å². The first kappa shape index (κ1) is 22.3. The molecular formula is C21H29N5O3S. The van der Waals surface area contributed by atoms with Crippen LogP contribution in [-0.2, 0) is 6.42 Å². The topological polar surface area (TPSA) is 95.8 Å². The van der Waals surface area contributed by atoms with Crippen molar-refractivity contribution in [3.8, 4) is 17.1 Å². The molecule has 1 aromatic carbocycles. The third-order valence-electron chi connectivity index (χ3n) is 4.56. The van der Waals surface area contributed by atoms with Gasteiger partial charge < -0.3 is 14.8 Å². The van der Waals surface area contributed by atoms with Crippen LogP contribution in [0.25, 0.3) is 16.9 Å². The number of aromatic nitrogens is 4. The largest absolute Gasteiger partial charge is 0.493 e. The molecule has 9 heteroatoms. The molecule has 0 unspecified atom stereocenters. The lowest BCUT2D eigenvalue weighted by molar-refractivity contribution is 0.273. The molecule has 2 heterocycles. The Balaban J connectivity index is 2.12. The molecule has 3 rings (SSSR count). The Morgan fingerprint density at radius 2 is 2.10 bits per heavy atom. The number of likely N-dealkylation sites (N-methyl/N-ethyl adjacent to an activating group) is 1. The van der Waals surface area contributed by atoms with Gasteiger partial charge >= 0.3 is 0 Å². The van der Waals surface area contributed by atoms with Gasteiger partial charge in [-0.2, -0.15) is 0 Å². The van der Waals surface area contributed by atoms with E-state index >= 15 is 0 Å². The van der Waals surface area contributed by atoms with E-state index < -0.39 is 0 Å². The molecule has 30 heavy (non-hydrogen) atoms. The Hall–Kier alpha value is -2.36. The number of aryl methyl sites for hydroxylation is 2. The molecule has 0 aliphatic heterocycles. The molecule has 0 bridgehead atoms. The van der Waals surface area contributed by atoms with Gasteiger partial charge in [-0.1, -0.05) is 13.8 Å². The van der Waals surface area contributed by atoms with Crippen LogP contribution in [0.1, 0.15) is 38.2 Å². The maximum atomic E-state index is 12.8. The maximum Gasteiger partial charge on any atom is 0.277 e. The molecule has 0 spiro atoms. The summed E-state index contributed by atoms with van der Waals surface area (Å²) in [5.41, 5.74) is 1.66. The first-order valence-electron chi connectivity index (χ1n) is 10.2. The third kappa shape index (κ3) is 4.85. The minimum Gasteiger partial charge on any atom is -0.493 e. The number of nitrogens with one attached hydrogen (secondary N) is 1. The van der Waals surface area contributed by atoms with E-state index in [4.69, 9.17) is 14.9 Å². The molecule has 3 aromatic rings. The minimum atomic E-state index is -0.218. The van der Waals surface area contributed by atoms with Crippen molar-refractivity contribution < 1.29 is 9.84 Å². The molecule has 0 fully saturated rings. The van der Waals surface area contributed by atoms with Crippen molar-refractivity contribution in [2.24, 2.45) is 0 Å². The number of H-pyrrole nitrogens is 1. The fourth-order valence-corrected chi connectivity index (χ4v) is 4.03. The maximum absolute atomic E-state index is 12.8. The normalized spacial score (nSPS) is 11.5. The lowest BCUT2D eigenvalue weighted by Crippen LogP contribution is -2.16. The van der Waals surface area contributed by atoms with Crippen molar-refractivity contribution in [2.45, 2.75) is 44.9 Å². The first-order valence-corrected chi connectivity index (χ1v) is 11.0. The van der Waals surface area contributed by atoms with E-state index in [-0.39, 0.29) is 12.2 Å². The van der Waals surface area contributed by atoms with E-state index in [2.05, 4.69) is 16.9 Å². The van der Waals surface area contributed by atoms with Crippen molar-refractivity contribution in [3.63, 3.8) is 0 Å². The van der Waals surface area contributed by atoms with Crippen molar-refractivity contribution in [1.29, 1.82) is 0 Å². The highest BCUT2D eigenvalue weighted by Gasteiger charge is 2.17. The fourth-order valence-electron chi connectivity index (χ4n) is 3.20. The summed E-state index contributed by atoms with van der Waals surface area (Å²) in [6.45, 7) is 7.15. The van der Waals surface area contributed by atoms with Gasteiger partial charge in [0.25, 0.3) is 5.56 Å². The van der Waals surface area contributed by atoms with Gasteiger partial charge in [-0.3, -0.25) is 4.79 Å². The van der Waals surface area contributed by atoms with Gasteiger partial charge in [0.05, 0.1) is 24.5 Å². The predicted molar refractivity (Wildman–Crippen MR) is 119 cm³/mol. The van der Waals surface area contributed by atoms with E-state index in [0.29, 0.717) is 35.9 Å². The van der Waals surface area contributed by atoms with Gasteiger partial charge in [0.2, 0.25) is 0 Å². The standard InChI is InChI=1S/C21H29N5O3S/c1-5-7-18-22-14(3)19-21(28)23-20(24-26(18)19)16-13-15(30-25(4)10-11-27)8-9-17(16)29-12-6-2/h8-9,13,27H,5-7,10-12H2,1-4H3,(H,23,24,28). The number of aliphatic hydroxyl groups is 1. The average molecular weight is 432 g/mol. The van der Waals surface area contributed by atoms with Crippen LogP contribution in [-0.4, -0.2) is 55.8 Å². The van der Waals surface area contributed by atoms with Crippen molar-refractivity contribution in [3.05, 3.63) is 40.1 Å². The molecule has 0 aliphatic rings. The number of aliphatic hydroxyl groups excluding tert-OH is 1. The molecule has 0 amide bonds. The molecule has 0 atom stereocenters. The SMILES string of the molecule is CCCOc1ccc(SN(C)CCO)cc1-c1nn2c(CCC)nc(C)c2c(=O)[nH]1. The molecule has 2 aromatic heterocycles. The first-order chi connectivity index (χ1) is 14.5. The zero-order valence-electron chi connectivity index (χ0n) is 17.9. The summed E-state index contributed by atoms with van der Waals surface area (Å²) in [6.07, 6.45) is 2.53. The number of nitrogens with zero attached hydrogens (tertiary/aromatic N) is 4. The van der Waals surface area contributed by atoms with E-state index in [1.165, 1.54) is 11.9 Å². The average Bonchev–Trinajstić information content (AvgIpc) is 3.03.